The molecule has 2 atom stereocenters. The van der Waals surface area contributed by atoms with Gasteiger partial charge in [0.1, 0.15) is 5.41 Å². The third-order valence-electron chi connectivity index (χ3n) is 8.77. The number of nitrogens with zero attached hydrogens (tertiary/aromatic N) is 3. The summed E-state index contributed by atoms with van der Waals surface area (Å²) >= 11 is 0. The number of rotatable bonds is 11. The maximum atomic E-state index is 13.9. The molecule has 0 spiro atoms. The molecular formula is C31H45N3O6. The van der Waals surface area contributed by atoms with Crippen LogP contribution in [0, 0.1) is 11.3 Å². The second-order valence-corrected chi connectivity index (χ2v) is 11.4. The molecule has 1 aliphatic carbocycles. The first kappa shape index (κ1) is 29.9. The number of piperazine rings is 1. The van der Waals surface area contributed by atoms with Gasteiger partial charge in [-0.05, 0) is 44.2 Å². The second-order valence-electron chi connectivity index (χ2n) is 11.4. The van der Waals surface area contributed by atoms with Crippen molar-refractivity contribution in [2.75, 3.05) is 39.8 Å². The molecule has 0 N–H and O–H groups in total. The van der Waals surface area contributed by atoms with Crippen molar-refractivity contribution in [3.05, 3.63) is 35.9 Å². The van der Waals surface area contributed by atoms with Gasteiger partial charge < -0.3 is 23.9 Å². The van der Waals surface area contributed by atoms with Crippen LogP contribution in [-0.2, 0) is 19.1 Å². The molecule has 3 aliphatic rings. The first-order valence-corrected chi connectivity index (χ1v) is 15.1. The van der Waals surface area contributed by atoms with Gasteiger partial charge in [0.15, 0.2) is 5.76 Å². The number of likely N-dealkylation sites (tertiary alicyclic amines) is 1. The molecule has 0 unspecified atom stereocenters. The maximum Gasteiger partial charge on any atom is 0.317 e. The van der Waals surface area contributed by atoms with Crippen LogP contribution in [-0.4, -0.2) is 78.2 Å². The number of fused-ring (bicyclic) bond motifs is 1. The van der Waals surface area contributed by atoms with Gasteiger partial charge in [0.25, 0.3) is 5.91 Å². The number of unbranched alkanes of at least 4 members (excludes halogenated alkanes) is 5. The third kappa shape index (κ3) is 6.61. The van der Waals surface area contributed by atoms with Crippen LogP contribution in [0.1, 0.15) is 94.5 Å². The first-order valence-electron chi connectivity index (χ1n) is 15.1. The molecule has 1 aromatic heterocycles. The highest BCUT2D eigenvalue weighted by molar-refractivity contribution is 5.93. The van der Waals surface area contributed by atoms with E-state index < -0.39 is 11.3 Å². The van der Waals surface area contributed by atoms with Crippen molar-refractivity contribution >= 4 is 23.7 Å². The standard InChI is InChI=1S/C31H45N3O6/c1-3-4-5-6-7-11-16-34-26-14-9-8-10-15-31(26,30(38)39-2)23-24(28(34)36)22-27(35)32-17-19-33(20-18-32)29(37)25-13-12-21-40-25/h12-14,21,24H,3-11,15-20,22-23H2,1-2H3/t24-,31+/m1/s1. The van der Waals surface area contributed by atoms with E-state index in [4.69, 9.17) is 9.15 Å². The smallest absolute Gasteiger partial charge is 0.317 e. The molecule has 3 amide bonds. The number of carbonyl (C=O) groups excluding carboxylic acids is 4. The summed E-state index contributed by atoms with van der Waals surface area (Å²) in [6.07, 6.45) is 13.8. The van der Waals surface area contributed by atoms with E-state index in [0.29, 0.717) is 51.3 Å². The van der Waals surface area contributed by atoms with Crippen LogP contribution in [0.15, 0.2) is 34.6 Å². The minimum absolute atomic E-state index is 0.0544. The third-order valence-corrected chi connectivity index (χ3v) is 8.77. The highest BCUT2D eigenvalue weighted by Gasteiger charge is 2.53. The molecule has 2 saturated heterocycles. The van der Waals surface area contributed by atoms with E-state index in [9.17, 15) is 19.2 Å². The molecule has 220 valence electrons. The number of piperidine rings is 1. The minimum atomic E-state index is -0.888. The number of allylic oxidation sites excluding steroid dienone is 1. The zero-order chi connectivity index (χ0) is 28.5. The van der Waals surface area contributed by atoms with Crippen LogP contribution in [0.2, 0.25) is 0 Å². The highest BCUT2D eigenvalue weighted by Crippen LogP contribution is 2.49. The van der Waals surface area contributed by atoms with Gasteiger partial charge in [-0.1, -0.05) is 51.5 Å². The van der Waals surface area contributed by atoms with Gasteiger partial charge in [0.2, 0.25) is 11.8 Å². The first-order chi connectivity index (χ1) is 19.4. The number of hydrogen-bond donors (Lipinski definition) is 0. The zero-order valence-electron chi connectivity index (χ0n) is 24.2. The fourth-order valence-corrected chi connectivity index (χ4v) is 6.54. The SMILES string of the molecule is CCCCCCCCN1C(=O)[C@H](CC(=O)N2CCN(C(=O)c3ccco3)CC2)C[C@@]2(C(=O)OC)CCCCC=C12. The Bertz CT molecular complexity index is 1060. The van der Waals surface area contributed by atoms with E-state index in [1.807, 2.05) is 4.90 Å². The predicted octanol–water partition coefficient (Wildman–Crippen LogP) is 4.78. The van der Waals surface area contributed by atoms with E-state index >= 15 is 0 Å². The molecule has 0 saturated carbocycles. The lowest BCUT2D eigenvalue weighted by Gasteiger charge is -2.46. The quantitative estimate of drug-likeness (QED) is 0.288. The average Bonchev–Trinajstić information content (AvgIpc) is 3.43. The molecule has 40 heavy (non-hydrogen) atoms. The predicted molar refractivity (Wildman–Crippen MR) is 150 cm³/mol. The second kappa shape index (κ2) is 14.0. The molecule has 0 bridgehead atoms. The lowest BCUT2D eigenvalue weighted by atomic mass is 9.69. The van der Waals surface area contributed by atoms with Crippen molar-refractivity contribution < 1.29 is 28.3 Å². The monoisotopic (exact) mass is 555 g/mol. The summed E-state index contributed by atoms with van der Waals surface area (Å²) in [5.74, 6) is -0.936. The van der Waals surface area contributed by atoms with Crippen molar-refractivity contribution in [3.8, 4) is 0 Å². The number of ether oxygens (including phenoxy) is 1. The van der Waals surface area contributed by atoms with Crippen molar-refractivity contribution in [1.29, 1.82) is 0 Å². The van der Waals surface area contributed by atoms with Gasteiger partial charge in [-0.25, -0.2) is 0 Å². The fraction of sp³-hybridized carbons (Fsp3) is 0.677. The van der Waals surface area contributed by atoms with Gasteiger partial charge in [-0.2, -0.15) is 0 Å². The summed E-state index contributed by atoms with van der Waals surface area (Å²) in [6, 6.07) is 3.32. The van der Waals surface area contributed by atoms with Crippen LogP contribution < -0.4 is 0 Å². The summed E-state index contributed by atoms with van der Waals surface area (Å²) in [5.41, 5.74) is -0.0929. The van der Waals surface area contributed by atoms with Crippen LogP contribution in [0.4, 0.5) is 0 Å². The summed E-state index contributed by atoms with van der Waals surface area (Å²) in [5, 5.41) is 0. The van der Waals surface area contributed by atoms with Gasteiger partial charge in [-0.15, -0.1) is 0 Å². The Morgan fingerprint density at radius 3 is 2.45 bits per heavy atom. The molecule has 3 heterocycles. The number of carbonyl (C=O) groups is 4. The van der Waals surface area contributed by atoms with Crippen LogP contribution in [0.25, 0.3) is 0 Å². The lowest BCUT2D eigenvalue weighted by molar-refractivity contribution is -0.160. The lowest BCUT2D eigenvalue weighted by Crippen LogP contribution is -2.54. The molecule has 4 rings (SSSR count). The zero-order valence-corrected chi connectivity index (χ0v) is 24.2. The molecule has 0 radical (unpaired) electrons. The van der Waals surface area contributed by atoms with Crippen LogP contribution in [0.3, 0.4) is 0 Å². The van der Waals surface area contributed by atoms with E-state index in [-0.39, 0.29) is 30.1 Å². The van der Waals surface area contributed by atoms with Crippen molar-refractivity contribution in [1.82, 2.24) is 14.7 Å². The molecule has 2 fully saturated rings. The van der Waals surface area contributed by atoms with Crippen LogP contribution in [0.5, 0.6) is 0 Å². The molecule has 9 nitrogen and oxygen atoms in total. The van der Waals surface area contributed by atoms with Gasteiger partial charge in [-0.3, -0.25) is 19.2 Å². The van der Waals surface area contributed by atoms with Gasteiger partial charge in [0.05, 0.1) is 13.4 Å². The number of hydrogen-bond acceptors (Lipinski definition) is 6. The largest absolute Gasteiger partial charge is 0.468 e. The van der Waals surface area contributed by atoms with Crippen LogP contribution >= 0.6 is 0 Å². The van der Waals surface area contributed by atoms with Gasteiger partial charge in [0, 0.05) is 50.8 Å². The summed E-state index contributed by atoms with van der Waals surface area (Å²) in [7, 11) is 1.41. The average molecular weight is 556 g/mol. The normalized spacial score (nSPS) is 23.4. The number of amides is 3. The van der Waals surface area contributed by atoms with Crippen molar-refractivity contribution in [2.24, 2.45) is 11.3 Å². The Labute approximate surface area is 237 Å². The summed E-state index contributed by atoms with van der Waals surface area (Å²) < 4.78 is 10.6. The molecular weight excluding hydrogens is 510 g/mol. The Morgan fingerprint density at radius 2 is 1.75 bits per heavy atom. The van der Waals surface area contributed by atoms with Gasteiger partial charge >= 0.3 is 5.97 Å². The molecule has 9 heteroatoms. The van der Waals surface area contributed by atoms with E-state index in [2.05, 4.69) is 13.0 Å². The maximum absolute atomic E-state index is 13.9. The minimum Gasteiger partial charge on any atom is -0.468 e. The van der Waals surface area contributed by atoms with E-state index in [0.717, 1.165) is 44.2 Å². The topological polar surface area (TPSA) is 100 Å². The number of furan rings is 1. The molecule has 0 aromatic carbocycles. The van der Waals surface area contributed by atoms with E-state index in [1.54, 1.807) is 21.9 Å². The fourth-order valence-electron chi connectivity index (χ4n) is 6.54. The molecule has 1 aromatic rings. The Kier molecular flexibility index (Phi) is 10.5. The summed E-state index contributed by atoms with van der Waals surface area (Å²) in [4.78, 5) is 58.6. The number of methoxy groups -OCH3 is 1. The number of esters is 1. The van der Waals surface area contributed by atoms with Crippen molar-refractivity contribution in [3.63, 3.8) is 0 Å². The highest BCUT2D eigenvalue weighted by atomic mass is 16.5. The Morgan fingerprint density at radius 1 is 1.02 bits per heavy atom. The molecule has 2 aliphatic heterocycles. The Hall–Kier alpha value is -3.10. The van der Waals surface area contributed by atoms with E-state index in [1.165, 1.54) is 32.6 Å². The Balaban J connectivity index is 1.45. The summed E-state index contributed by atoms with van der Waals surface area (Å²) in [6.45, 7) is 4.38. The van der Waals surface area contributed by atoms with Crippen molar-refractivity contribution in [2.45, 2.75) is 84.0 Å².